The average Bonchev–Trinajstić information content (AvgIpc) is 2.72. The number of rotatable bonds is 3. The van der Waals surface area contributed by atoms with Crippen molar-refractivity contribution in [3.05, 3.63) is 0 Å². The van der Waals surface area contributed by atoms with Crippen molar-refractivity contribution in [1.82, 2.24) is 10.2 Å². The number of β-amino-alcohol motifs (C(OH)–C–C–N with tert-alkyl or cyclic N) is 1. The summed E-state index contributed by atoms with van der Waals surface area (Å²) in [5.74, 6) is 0.919. The van der Waals surface area contributed by atoms with Crippen LogP contribution < -0.4 is 5.32 Å². The first kappa shape index (κ1) is 8.48. The summed E-state index contributed by atoms with van der Waals surface area (Å²) in [5.41, 5.74) is 0. The first-order valence-electron chi connectivity index (χ1n) is 4.86. The van der Waals surface area contributed by atoms with Crippen molar-refractivity contribution in [1.29, 1.82) is 0 Å². The standard InChI is InChI=1S/C9H18N2O/c1-11(6-7-2-3-7)8-4-10-5-9(8)12/h7-10,12H,2-6H2,1H3/t8-,9-/m1/s1. The molecule has 2 N–H and O–H groups in total. The zero-order valence-corrected chi connectivity index (χ0v) is 7.66. The number of likely N-dealkylation sites (N-methyl/N-ethyl adjacent to an activating group) is 1. The smallest absolute Gasteiger partial charge is 0.0831 e. The lowest BCUT2D eigenvalue weighted by atomic mass is 10.2. The second-order valence-corrected chi connectivity index (χ2v) is 4.18. The van der Waals surface area contributed by atoms with Crippen LogP contribution in [0.3, 0.4) is 0 Å². The molecule has 12 heavy (non-hydrogen) atoms. The first-order chi connectivity index (χ1) is 5.77. The van der Waals surface area contributed by atoms with Gasteiger partial charge in [-0.1, -0.05) is 0 Å². The monoisotopic (exact) mass is 170 g/mol. The van der Waals surface area contributed by atoms with Crippen LogP contribution in [0.1, 0.15) is 12.8 Å². The molecular formula is C9H18N2O. The van der Waals surface area contributed by atoms with Gasteiger partial charge < -0.3 is 10.4 Å². The molecule has 70 valence electrons. The van der Waals surface area contributed by atoms with E-state index >= 15 is 0 Å². The molecule has 0 radical (unpaired) electrons. The number of aliphatic hydroxyl groups is 1. The summed E-state index contributed by atoms with van der Waals surface area (Å²) < 4.78 is 0. The Kier molecular flexibility index (Phi) is 2.35. The van der Waals surface area contributed by atoms with E-state index in [0.717, 1.165) is 19.0 Å². The Morgan fingerprint density at radius 1 is 1.42 bits per heavy atom. The third-order valence-electron chi connectivity index (χ3n) is 2.96. The van der Waals surface area contributed by atoms with Gasteiger partial charge in [-0.25, -0.2) is 0 Å². The highest BCUT2D eigenvalue weighted by Gasteiger charge is 2.31. The van der Waals surface area contributed by atoms with E-state index in [-0.39, 0.29) is 6.10 Å². The molecule has 1 aliphatic carbocycles. The van der Waals surface area contributed by atoms with Crippen LogP contribution in [0, 0.1) is 5.92 Å². The van der Waals surface area contributed by atoms with E-state index in [1.807, 2.05) is 0 Å². The molecule has 1 heterocycles. The van der Waals surface area contributed by atoms with Gasteiger partial charge >= 0.3 is 0 Å². The minimum absolute atomic E-state index is 0.159. The molecular weight excluding hydrogens is 152 g/mol. The van der Waals surface area contributed by atoms with Crippen LogP contribution in [0.2, 0.25) is 0 Å². The summed E-state index contributed by atoms with van der Waals surface area (Å²) in [6, 6.07) is 0.352. The molecule has 1 saturated heterocycles. The van der Waals surface area contributed by atoms with Crippen molar-refractivity contribution < 1.29 is 5.11 Å². The van der Waals surface area contributed by atoms with Gasteiger partial charge in [-0.15, -0.1) is 0 Å². The quantitative estimate of drug-likeness (QED) is 0.608. The SMILES string of the molecule is CN(CC1CC1)[C@@H]1CNC[C@H]1O. The van der Waals surface area contributed by atoms with E-state index < -0.39 is 0 Å². The van der Waals surface area contributed by atoms with Crippen LogP contribution in [0.25, 0.3) is 0 Å². The Morgan fingerprint density at radius 3 is 2.67 bits per heavy atom. The van der Waals surface area contributed by atoms with Crippen molar-refractivity contribution in [3.8, 4) is 0 Å². The maximum Gasteiger partial charge on any atom is 0.0831 e. The minimum Gasteiger partial charge on any atom is -0.390 e. The molecule has 2 rings (SSSR count). The average molecular weight is 170 g/mol. The largest absolute Gasteiger partial charge is 0.390 e. The van der Waals surface area contributed by atoms with Gasteiger partial charge in [-0.05, 0) is 25.8 Å². The summed E-state index contributed by atoms with van der Waals surface area (Å²) >= 11 is 0. The van der Waals surface area contributed by atoms with Crippen LogP contribution in [0.15, 0.2) is 0 Å². The van der Waals surface area contributed by atoms with E-state index in [4.69, 9.17) is 0 Å². The predicted octanol–water partition coefficient (Wildman–Crippen LogP) is -0.339. The summed E-state index contributed by atoms with van der Waals surface area (Å²) in [5, 5.41) is 12.8. The second-order valence-electron chi connectivity index (χ2n) is 4.18. The molecule has 1 aliphatic heterocycles. The van der Waals surface area contributed by atoms with Crippen molar-refractivity contribution in [2.75, 3.05) is 26.7 Å². The molecule has 0 unspecified atom stereocenters. The van der Waals surface area contributed by atoms with Crippen molar-refractivity contribution in [2.24, 2.45) is 5.92 Å². The Balaban J connectivity index is 1.80. The Bertz CT molecular complexity index is 159. The Labute approximate surface area is 73.8 Å². The maximum absolute atomic E-state index is 9.59. The van der Waals surface area contributed by atoms with E-state index in [1.54, 1.807) is 0 Å². The summed E-state index contributed by atoms with van der Waals surface area (Å²) in [6.07, 6.45) is 2.62. The zero-order valence-electron chi connectivity index (χ0n) is 7.66. The number of nitrogens with zero attached hydrogens (tertiary/aromatic N) is 1. The molecule has 0 aromatic rings. The highest BCUT2D eigenvalue weighted by Crippen LogP contribution is 2.30. The van der Waals surface area contributed by atoms with Crippen LogP contribution in [-0.2, 0) is 0 Å². The van der Waals surface area contributed by atoms with Crippen LogP contribution in [0.4, 0.5) is 0 Å². The number of hydrogen-bond acceptors (Lipinski definition) is 3. The summed E-state index contributed by atoms with van der Waals surface area (Å²) in [6.45, 7) is 2.88. The predicted molar refractivity (Wildman–Crippen MR) is 48.0 cm³/mol. The fraction of sp³-hybridized carbons (Fsp3) is 1.00. The van der Waals surface area contributed by atoms with E-state index in [1.165, 1.54) is 19.4 Å². The van der Waals surface area contributed by atoms with Crippen molar-refractivity contribution in [3.63, 3.8) is 0 Å². The minimum atomic E-state index is -0.159. The fourth-order valence-corrected chi connectivity index (χ4v) is 1.94. The Hall–Kier alpha value is -0.120. The molecule has 1 saturated carbocycles. The maximum atomic E-state index is 9.59. The van der Waals surface area contributed by atoms with E-state index in [9.17, 15) is 5.11 Å². The number of hydrogen-bond donors (Lipinski definition) is 2. The molecule has 3 nitrogen and oxygen atoms in total. The van der Waals surface area contributed by atoms with Crippen molar-refractivity contribution >= 4 is 0 Å². The van der Waals surface area contributed by atoms with Gasteiger partial charge in [0.05, 0.1) is 6.10 Å². The highest BCUT2D eigenvalue weighted by molar-refractivity contribution is 4.89. The van der Waals surface area contributed by atoms with Crippen LogP contribution >= 0.6 is 0 Å². The molecule has 3 heteroatoms. The molecule has 0 spiro atoms. The lowest BCUT2D eigenvalue weighted by Gasteiger charge is -2.25. The topological polar surface area (TPSA) is 35.5 Å². The molecule has 2 fully saturated rings. The van der Waals surface area contributed by atoms with E-state index in [0.29, 0.717) is 6.04 Å². The van der Waals surface area contributed by atoms with Gasteiger partial charge in [0.2, 0.25) is 0 Å². The van der Waals surface area contributed by atoms with Gasteiger partial charge in [0.15, 0.2) is 0 Å². The number of nitrogens with one attached hydrogen (secondary N) is 1. The summed E-state index contributed by atoms with van der Waals surface area (Å²) in [4.78, 5) is 2.31. The Morgan fingerprint density at radius 2 is 2.17 bits per heavy atom. The molecule has 2 atom stereocenters. The fourth-order valence-electron chi connectivity index (χ4n) is 1.94. The molecule has 0 aromatic carbocycles. The molecule has 2 aliphatic rings. The first-order valence-corrected chi connectivity index (χ1v) is 4.86. The highest BCUT2D eigenvalue weighted by atomic mass is 16.3. The normalized spacial score (nSPS) is 36.2. The second kappa shape index (κ2) is 3.32. The van der Waals surface area contributed by atoms with Crippen molar-refractivity contribution in [2.45, 2.75) is 25.0 Å². The number of aliphatic hydroxyl groups excluding tert-OH is 1. The van der Waals surface area contributed by atoms with Crippen LogP contribution in [-0.4, -0.2) is 48.8 Å². The van der Waals surface area contributed by atoms with Gasteiger partial charge in [-0.2, -0.15) is 0 Å². The third kappa shape index (κ3) is 1.79. The zero-order chi connectivity index (χ0) is 8.55. The lowest BCUT2D eigenvalue weighted by molar-refractivity contribution is 0.0968. The third-order valence-corrected chi connectivity index (χ3v) is 2.96. The van der Waals surface area contributed by atoms with Gasteiger partial charge in [0.25, 0.3) is 0 Å². The summed E-state index contributed by atoms with van der Waals surface area (Å²) in [7, 11) is 2.12. The lowest BCUT2D eigenvalue weighted by Crippen LogP contribution is -2.41. The van der Waals surface area contributed by atoms with E-state index in [2.05, 4.69) is 17.3 Å². The molecule has 0 aromatic heterocycles. The molecule has 0 amide bonds. The van der Waals surface area contributed by atoms with Gasteiger partial charge in [-0.3, -0.25) is 4.90 Å². The van der Waals surface area contributed by atoms with Gasteiger partial charge in [0.1, 0.15) is 0 Å². The van der Waals surface area contributed by atoms with Gasteiger partial charge in [0, 0.05) is 25.7 Å². The van der Waals surface area contributed by atoms with Crippen LogP contribution in [0.5, 0.6) is 0 Å². The molecule has 0 bridgehead atoms.